The van der Waals surface area contributed by atoms with Crippen molar-refractivity contribution in [1.29, 1.82) is 0 Å². The van der Waals surface area contributed by atoms with Crippen LogP contribution in [0.4, 0.5) is 5.95 Å². The first kappa shape index (κ1) is 11.8. The Labute approximate surface area is 101 Å². The molecule has 0 unspecified atom stereocenters. The van der Waals surface area contributed by atoms with Crippen LogP contribution in [0.15, 0.2) is 12.4 Å². The molecule has 92 valence electrons. The van der Waals surface area contributed by atoms with E-state index in [1.807, 2.05) is 19.3 Å². The number of nitrogens with zero attached hydrogens (tertiary/aromatic N) is 3. The number of ether oxygens (including phenoxy) is 1. The molecule has 0 bridgehead atoms. The van der Waals surface area contributed by atoms with Gasteiger partial charge in [-0.15, -0.1) is 0 Å². The number of hydrogen-bond donors (Lipinski definition) is 0. The zero-order valence-corrected chi connectivity index (χ0v) is 10.2. The summed E-state index contributed by atoms with van der Waals surface area (Å²) < 4.78 is 5.19. The first-order valence-corrected chi connectivity index (χ1v) is 5.86. The Morgan fingerprint density at radius 3 is 2.47 bits per heavy atom. The standard InChI is InChI=1S/C12H17N3O2/c1-9-7-13-12(14-8-9)15-5-3-11(4-6-15)17-10(2)16/h7-8,11H,3-6H2,1-2H3. The van der Waals surface area contributed by atoms with Crippen molar-refractivity contribution in [2.45, 2.75) is 32.8 Å². The summed E-state index contributed by atoms with van der Waals surface area (Å²) in [6.07, 6.45) is 5.38. The summed E-state index contributed by atoms with van der Waals surface area (Å²) in [4.78, 5) is 21.6. The first-order valence-electron chi connectivity index (χ1n) is 5.86. The van der Waals surface area contributed by atoms with Gasteiger partial charge in [0.25, 0.3) is 0 Å². The molecule has 0 saturated carbocycles. The lowest BCUT2D eigenvalue weighted by atomic mass is 10.1. The first-order chi connectivity index (χ1) is 8.15. The molecule has 1 saturated heterocycles. The predicted molar refractivity (Wildman–Crippen MR) is 63.8 cm³/mol. The predicted octanol–water partition coefficient (Wildman–Crippen LogP) is 1.32. The molecule has 0 spiro atoms. The van der Waals surface area contributed by atoms with E-state index < -0.39 is 0 Å². The highest BCUT2D eigenvalue weighted by Gasteiger charge is 2.22. The van der Waals surface area contributed by atoms with Crippen molar-refractivity contribution in [3.05, 3.63) is 18.0 Å². The zero-order chi connectivity index (χ0) is 12.3. The third kappa shape index (κ3) is 3.15. The van der Waals surface area contributed by atoms with Crippen molar-refractivity contribution in [3.63, 3.8) is 0 Å². The highest BCUT2D eigenvalue weighted by atomic mass is 16.5. The molecule has 2 rings (SSSR count). The van der Waals surface area contributed by atoms with Gasteiger partial charge in [0.2, 0.25) is 5.95 Å². The summed E-state index contributed by atoms with van der Waals surface area (Å²) in [5, 5.41) is 0. The van der Waals surface area contributed by atoms with E-state index in [4.69, 9.17) is 4.74 Å². The molecule has 1 aromatic heterocycles. The van der Waals surface area contributed by atoms with Crippen LogP contribution >= 0.6 is 0 Å². The number of piperidine rings is 1. The minimum atomic E-state index is -0.199. The SMILES string of the molecule is CC(=O)OC1CCN(c2ncc(C)cn2)CC1. The number of anilines is 1. The van der Waals surface area contributed by atoms with E-state index in [0.29, 0.717) is 0 Å². The summed E-state index contributed by atoms with van der Waals surface area (Å²) in [6, 6.07) is 0. The van der Waals surface area contributed by atoms with Gasteiger partial charge in [0.05, 0.1) is 0 Å². The smallest absolute Gasteiger partial charge is 0.302 e. The Morgan fingerprint density at radius 1 is 1.35 bits per heavy atom. The van der Waals surface area contributed by atoms with Gasteiger partial charge in [-0.3, -0.25) is 4.79 Å². The molecule has 0 N–H and O–H groups in total. The number of hydrogen-bond acceptors (Lipinski definition) is 5. The molecule has 0 aromatic carbocycles. The lowest BCUT2D eigenvalue weighted by molar-refractivity contribution is -0.147. The van der Waals surface area contributed by atoms with Crippen LogP contribution in [0.2, 0.25) is 0 Å². The van der Waals surface area contributed by atoms with Gasteiger partial charge < -0.3 is 9.64 Å². The van der Waals surface area contributed by atoms with Crippen LogP contribution in [0, 0.1) is 6.92 Å². The zero-order valence-electron chi connectivity index (χ0n) is 10.2. The Morgan fingerprint density at radius 2 is 1.94 bits per heavy atom. The maximum absolute atomic E-state index is 10.8. The highest BCUT2D eigenvalue weighted by Crippen LogP contribution is 2.17. The average molecular weight is 235 g/mol. The molecule has 0 radical (unpaired) electrons. The Balaban J connectivity index is 1.90. The number of aryl methyl sites for hydroxylation is 1. The maximum atomic E-state index is 10.8. The molecule has 2 heterocycles. The summed E-state index contributed by atoms with van der Waals surface area (Å²) >= 11 is 0. The molecule has 1 aliphatic heterocycles. The van der Waals surface area contributed by atoms with E-state index in [-0.39, 0.29) is 12.1 Å². The Hall–Kier alpha value is -1.65. The van der Waals surface area contributed by atoms with Crippen LogP contribution in [0.5, 0.6) is 0 Å². The summed E-state index contributed by atoms with van der Waals surface area (Å²) in [7, 11) is 0. The van der Waals surface area contributed by atoms with Gasteiger partial charge >= 0.3 is 5.97 Å². The van der Waals surface area contributed by atoms with Gasteiger partial charge in [-0.1, -0.05) is 0 Å². The third-order valence-electron chi connectivity index (χ3n) is 2.82. The topological polar surface area (TPSA) is 55.3 Å². The molecule has 5 heteroatoms. The monoisotopic (exact) mass is 235 g/mol. The van der Waals surface area contributed by atoms with Gasteiger partial charge in [0.1, 0.15) is 6.10 Å². The van der Waals surface area contributed by atoms with E-state index in [2.05, 4.69) is 14.9 Å². The van der Waals surface area contributed by atoms with Crippen LogP contribution in [-0.2, 0) is 9.53 Å². The van der Waals surface area contributed by atoms with E-state index in [9.17, 15) is 4.79 Å². The maximum Gasteiger partial charge on any atom is 0.302 e. The number of carbonyl (C=O) groups excluding carboxylic acids is 1. The molecule has 1 aliphatic rings. The number of aromatic nitrogens is 2. The van der Waals surface area contributed by atoms with Gasteiger partial charge in [-0.2, -0.15) is 0 Å². The number of carbonyl (C=O) groups is 1. The molecule has 17 heavy (non-hydrogen) atoms. The minimum absolute atomic E-state index is 0.0502. The van der Waals surface area contributed by atoms with Crippen LogP contribution < -0.4 is 4.90 Å². The fraction of sp³-hybridized carbons (Fsp3) is 0.583. The van der Waals surface area contributed by atoms with E-state index in [1.54, 1.807) is 0 Å². The average Bonchev–Trinajstić information content (AvgIpc) is 2.30. The van der Waals surface area contributed by atoms with Crippen LogP contribution in [0.3, 0.4) is 0 Å². The lowest BCUT2D eigenvalue weighted by Crippen LogP contribution is -2.38. The number of rotatable bonds is 2. The van der Waals surface area contributed by atoms with Gasteiger partial charge in [-0.25, -0.2) is 9.97 Å². The molecule has 1 fully saturated rings. The molecular formula is C12H17N3O2. The molecule has 1 aromatic rings. The fourth-order valence-electron chi connectivity index (χ4n) is 1.96. The summed E-state index contributed by atoms with van der Waals surface area (Å²) in [6.45, 7) is 5.09. The van der Waals surface area contributed by atoms with Crippen LogP contribution in [0.25, 0.3) is 0 Å². The van der Waals surface area contributed by atoms with Crippen molar-refractivity contribution in [3.8, 4) is 0 Å². The second-order valence-electron chi connectivity index (χ2n) is 4.36. The van der Waals surface area contributed by atoms with Gasteiger partial charge in [0, 0.05) is 45.2 Å². The minimum Gasteiger partial charge on any atom is -0.462 e. The van der Waals surface area contributed by atoms with Gasteiger partial charge in [-0.05, 0) is 12.5 Å². The molecule has 5 nitrogen and oxygen atoms in total. The van der Waals surface area contributed by atoms with E-state index in [1.165, 1.54) is 6.92 Å². The molecule has 0 aliphatic carbocycles. The van der Waals surface area contributed by atoms with Crippen molar-refractivity contribution >= 4 is 11.9 Å². The van der Waals surface area contributed by atoms with Crippen LogP contribution in [0.1, 0.15) is 25.3 Å². The van der Waals surface area contributed by atoms with Crippen molar-refractivity contribution < 1.29 is 9.53 Å². The van der Waals surface area contributed by atoms with Crippen molar-refractivity contribution in [2.75, 3.05) is 18.0 Å². The highest BCUT2D eigenvalue weighted by molar-refractivity contribution is 5.66. The second-order valence-corrected chi connectivity index (χ2v) is 4.36. The molecule has 0 amide bonds. The Kier molecular flexibility index (Phi) is 3.56. The normalized spacial score (nSPS) is 16.9. The fourth-order valence-corrected chi connectivity index (χ4v) is 1.96. The van der Waals surface area contributed by atoms with Crippen LogP contribution in [-0.4, -0.2) is 35.1 Å². The van der Waals surface area contributed by atoms with E-state index in [0.717, 1.165) is 37.4 Å². The summed E-state index contributed by atoms with van der Waals surface area (Å²) in [5.41, 5.74) is 1.06. The third-order valence-corrected chi connectivity index (χ3v) is 2.82. The quantitative estimate of drug-likeness (QED) is 0.723. The number of esters is 1. The Bertz CT molecular complexity index is 383. The van der Waals surface area contributed by atoms with E-state index >= 15 is 0 Å². The van der Waals surface area contributed by atoms with Crippen molar-refractivity contribution in [1.82, 2.24) is 9.97 Å². The van der Waals surface area contributed by atoms with Gasteiger partial charge in [0.15, 0.2) is 0 Å². The molecular weight excluding hydrogens is 218 g/mol. The largest absolute Gasteiger partial charge is 0.462 e. The van der Waals surface area contributed by atoms with Crippen molar-refractivity contribution in [2.24, 2.45) is 0 Å². The molecule has 0 atom stereocenters. The lowest BCUT2D eigenvalue weighted by Gasteiger charge is -2.31. The summed E-state index contributed by atoms with van der Waals surface area (Å²) in [5.74, 6) is 0.562. The second kappa shape index (κ2) is 5.12.